The van der Waals surface area contributed by atoms with E-state index in [9.17, 15) is 10.1 Å². The molecular weight excluding hydrogens is 242 g/mol. The topological polar surface area (TPSA) is 70.2 Å². The van der Waals surface area contributed by atoms with Crippen molar-refractivity contribution in [3.05, 3.63) is 33.9 Å². The molecule has 0 heterocycles. The molecule has 1 saturated carbocycles. The molecule has 0 atom stereocenters. The molecule has 5 heteroatoms. The Bertz CT molecular complexity index is 518. The van der Waals surface area contributed by atoms with Gasteiger partial charge in [0.25, 0.3) is 5.69 Å². The third kappa shape index (κ3) is 3.02. The fraction of sp³-hybridized carbons (Fsp3) is 0.500. The summed E-state index contributed by atoms with van der Waals surface area (Å²) in [5.41, 5.74) is 0.892. The Morgan fingerprint density at radius 2 is 2.26 bits per heavy atom. The zero-order valence-electron chi connectivity index (χ0n) is 11.0. The van der Waals surface area contributed by atoms with Gasteiger partial charge in [-0.15, -0.1) is 0 Å². The van der Waals surface area contributed by atoms with E-state index in [0.29, 0.717) is 6.04 Å². The minimum absolute atomic E-state index is 0.0952. The van der Waals surface area contributed by atoms with Gasteiger partial charge in [-0.2, -0.15) is 5.26 Å². The Kier molecular flexibility index (Phi) is 4.00. The summed E-state index contributed by atoms with van der Waals surface area (Å²) in [6.07, 6.45) is 4.47. The molecule has 0 saturated heterocycles. The van der Waals surface area contributed by atoms with Crippen LogP contribution >= 0.6 is 0 Å². The van der Waals surface area contributed by atoms with Crippen LogP contribution in [-0.2, 0) is 0 Å². The quantitative estimate of drug-likeness (QED) is 0.581. The summed E-state index contributed by atoms with van der Waals surface area (Å²) >= 11 is 0. The van der Waals surface area contributed by atoms with Crippen LogP contribution in [0.2, 0.25) is 0 Å². The molecule has 0 aliphatic heterocycles. The highest BCUT2D eigenvalue weighted by Gasteiger charge is 2.30. The van der Waals surface area contributed by atoms with Crippen LogP contribution in [-0.4, -0.2) is 17.5 Å². The first-order valence-corrected chi connectivity index (χ1v) is 6.62. The van der Waals surface area contributed by atoms with E-state index < -0.39 is 4.92 Å². The molecule has 0 spiro atoms. The minimum Gasteiger partial charge on any atom is -0.368 e. The molecule has 0 amide bonds. The van der Waals surface area contributed by atoms with Gasteiger partial charge in [0.05, 0.1) is 4.92 Å². The van der Waals surface area contributed by atoms with Gasteiger partial charge in [-0.25, -0.2) is 0 Å². The van der Waals surface area contributed by atoms with E-state index in [4.69, 9.17) is 5.26 Å². The van der Waals surface area contributed by atoms with Crippen molar-refractivity contribution < 1.29 is 4.92 Å². The van der Waals surface area contributed by atoms with E-state index in [0.717, 1.165) is 37.9 Å². The molecular formula is C14H17N3O2. The summed E-state index contributed by atoms with van der Waals surface area (Å²) in [6, 6.07) is 7.29. The van der Waals surface area contributed by atoms with E-state index in [2.05, 4.69) is 11.8 Å². The molecule has 1 aliphatic carbocycles. The summed E-state index contributed by atoms with van der Waals surface area (Å²) in [4.78, 5) is 12.7. The number of hydrogen-bond acceptors (Lipinski definition) is 4. The van der Waals surface area contributed by atoms with Gasteiger partial charge in [0.15, 0.2) is 0 Å². The Labute approximate surface area is 112 Å². The number of benzene rings is 1. The second-order valence-electron chi connectivity index (χ2n) is 4.85. The van der Waals surface area contributed by atoms with Crippen molar-refractivity contribution in [3.8, 4) is 6.07 Å². The Morgan fingerprint density at radius 3 is 2.79 bits per heavy atom. The van der Waals surface area contributed by atoms with Gasteiger partial charge in [0.2, 0.25) is 0 Å². The lowest BCUT2D eigenvalue weighted by Gasteiger charge is -2.24. The normalized spacial score (nSPS) is 13.9. The maximum Gasteiger partial charge on any atom is 0.289 e. The van der Waals surface area contributed by atoms with E-state index in [1.165, 1.54) is 6.07 Å². The van der Waals surface area contributed by atoms with E-state index in [-0.39, 0.29) is 11.3 Å². The van der Waals surface area contributed by atoms with Crippen molar-refractivity contribution in [1.82, 2.24) is 0 Å². The zero-order valence-corrected chi connectivity index (χ0v) is 11.0. The molecule has 0 bridgehead atoms. The molecule has 1 fully saturated rings. The molecule has 100 valence electrons. The number of rotatable bonds is 6. The Balaban J connectivity index is 2.30. The average molecular weight is 259 g/mol. The number of hydrogen-bond donors (Lipinski definition) is 0. The number of nitriles is 1. The molecule has 1 aromatic carbocycles. The van der Waals surface area contributed by atoms with Crippen LogP contribution < -0.4 is 4.90 Å². The average Bonchev–Trinajstić information content (AvgIpc) is 3.23. The van der Waals surface area contributed by atoms with Gasteiger partial charge >= 0.3 is 0 Å². The SMILES string of the molecule is CCCCN(c1ccc(C#N)c([N+](=O)[O-])c1)C1CC1. The van der Waals surface area contributed by atoms with Crippen molar-refractivity contribution in [3.63, 3.8) is 0 Å². The highest BCUT2D eigenvalue weighted by Crippen LogP contribution is 2.34. The highest BCUT2D eigenvalue weighted by molar-refractivity contribution is 5.61. The molecule has 5 nitrogen and oxygen atoms in total. The molecule has 1 aliphatic rings. The van der Waals surface area contributed by atoms with Crippen LogP contribution in [0.1, 0.15) is 38.2 Å². The molecule has 0 N–H and O–H groups in total. The first-order valence-electron chi connectivity index (χ1n) is 6.62. The lowest BCUT2D eigenvalue weighted by molar-refractivity contribution is -0.385. The van der Waals surface area contributed by atoms with E-state index in [1.807, 2.05) is 12.1 Å². The molecule has 2 rings (SSSR count). The molecule has 19 heavy (non-hydrogen) atoms. The van der Waals surface area contributed by atoms with Crippen LogP contribution in [0.3, 0.4) is 0 Å². The highest BCUT2D eigenvalue weighted by atomic mass is 16.6. The third-order valence-corrected chi connectivity index (χ3v) is 3.37. The third-order valence-electron chi connectivity index (χ3n) is 3.37. The van der Waals surface area contributed by atoms with Gasteiger partial charge in [0, 0.05) is 24.3 Å². The number of nitro groups is 1. The molecule has 1 aromatic rings. The first-order chi connectivity index (χ1) is 9.17. The smallest absolute Gasteiger partial charge is 0.289 e. The van der Waals surface area contributed by atoms with Crippen LogP contribution in [0.5, 0.6) is 0 Å². The monoisotopic (exact) mass is 259 g/mol. The number of unbranched alkanes of at least 4 members (excludes halogenated alkanes) is 1. The number of anilines is 1. The fourth-order valence-electron chi connectivity index (χ4n) is 2.18. The standard InChI is InChI=1S/C14H17N3O2/c1-2-3-8-16(12-6-7-12)13-5-4-11(10-15)14(9-13)17(18)19/h4-5,9,12H,2-3,6-8H2,1H3. The summed E-state index contributed by atoms with van der Waals surface area (Å²) < 4.78 is 0. The lowest BCUT2D eigenvalue weighted by atomic mass is 10.1. The zero-order chi connectivity index (χ0) is 13.8. The Morgan fingerprint density at radius 1 is 1.53 bits per heavy atom. The summed E-state index contributed by atoms with van der Waals surface area (Å²) in [5.74, 6) is 0. The lowest BCUT2D eigenvalue weighted by Crippen LogP contribution is -2.26. The number of nitrogens with zero attached hydrogens (tertiary/aromatic N) is 3. The predicted molar refractivity (Wildman–Crippen MR) is 73.1 cm³/mol. The summed E-state index contributed by atoms with van der Waals surface area (Å²) in [5, 5.41) is 19.9. The van der Waals surface area contributed by atoms with E-state index >= 15 is 0 Å². The van der Waals surface area contributed by atoms with Gasteiger partial charge in [-0.1, -0.05) is 13.3 Å². The van der Waals surface area contributed by atoms with Crippen LogP contribution in [0, 0.1) is 21.4 Å². The second kappa shape index (κ2) is 5.70. The van der Waals surface area contributed by atoms with Gasteiger partial charge < -0.3 is 4.90 Å². The van der Waals surface area contributed by atoms with Gasteiger partial charge in [-0.3, -0.25) is 10.1 Å². The van der Waals surface area contributed by atoms with Crippen molar-refractivity contribution >= 4 is 11.4 Å². The number of nitro benzene ring substituents is 1. The van der Waals surface area contributed by atoms with Crippen LogP contribution in [0.25, 0.3) is 0 Å². The maximum atomic E-state index is 11.0. The molecule has 0 radical (unpaired) electrons. The minimum atomic E-state index is -0.479. The summed E-state index contributed by atoms with van der Waals surface area (Å²) in [6.45, 7) is 3.05. The molecule has 0 unspecified atom stereocenters. The maximum absolute atomic E-state index is 11.0. The van der Waals surface area contributed by atoms with Crippen LogP contribution in [0.4, 0.5) is 11.4 Å². The second-order valence-corrected chi connectivity index (χ2v) is 4.85. The summed E-state index contributed by atoms with van der Waals surface area (Å²) in [7, 11) is 0. The van der Waals surface area contributed by atoms with Gasteiger partial charge in [0.1, 0.15) is 11.6 Å². The van der Waals surface area contributed by atoms with E-state index in [1.54, 1.807) is 6.07 Å². The molecule has 0 aromatic heterocycles. The van der Waals surface area contributed by atoms with Crippen molar-refractivity contribution in [2.75, 3.05) is 11.4 Å². The van der Waals surface area contributed by atoms with Crippen molar-refractivity contribution in [2.45, 2.75) is 38.6 Å². The van der Waals surface area contributed by atoms with Crippen molar-refractivity contribution in [2.24, 2.45) is 0 Å². The Hall–Kier alpha value is -2.09. The van der Waals surface area contributed by atoms with Gasteiger partial charge in [-0.05, 0) is 31.4 Å². The van der Waals surface area contributed by atoms with Crippen molar-refractivity contribution in [1.29, 1.82) is 5.26 Å². The van der Waals surface area contributed by atoms with Crippen LogP contribution in [0.15, 0.2) is 18.2 Å². The first kappa shape index (κ1) is 13.3. The largest absolute Gasteiger partial charge is 0.368 e. The predicted octanol–water partition coefficient (Wildman–Crippen LogP) is 3.24. The fourth-order valence-corrected chi connectivity index (χ4v) is 2.18.